The molecule has 1 aromatic heterocycles. The maximum absolute atomic E-state index is 6.06. The monoisotopic (exact) mass is 318 g/mol. The Labute approximate surface area is 140 Å². The van der Waals surface area contributed by atoms with E-state index in [1.807, 2.05) is 6.20 Å². The summed E-state index contributed by atoms with van der Waals surface area (Å²) < 4.78 is 6.06. The lowest BCUT2D eigenvalue weighted by Gasteiger charge is -2.26. The molecule has 5 heteroatoms. The van der Waals surface area contributed by atoms with Crippen LogP contribution in [0.15, 0.2) is 12.4 Å². The van der Waals surface area contributed by atoms with E-state index >= 15 is 0 Å². The maximum atomic E-state index is 6.06. The van der Waals surface area contributed by atoms with Crippen molar-refractivity contribution in [2.45, 2.75) is 64.5 Å². The Bertz CT molecular complexity index is 486. The van der Waals surface area contributed by atoms with Gasteiger partial charge in [-0.15, -0.1) is 0 Å². The highest BCUT2D eigenvalue weighted by Crippen LogP contribution is 2.25. The van der Waals surface area contributed by atoms with Crippen LogP contribution in [0, 0.1) is 0 Å². The first-order chi connectivity index (χ1) is 11.3. The molecule has 1 aliphatic heterocycles. The van der Waals surface area contributed by atoms with Gasteiger partial charge in [-0.1, -0.05) is 20.3 Å². The lowest BCUT2D eigenvalue weighted by molar-refractivity contribution is 0.148. The quantitative estimate of drug-likeness (QED) is 0.806. The van der Waals surface area contributed by atoms with E-state index in [-0.39, 0.29) is 0 Å². The summed E-state index contributed by atoms with van der Waals surface area (Å²) in [5, 5.41) is 0. The van der Waals surface area contributed by atoms with E-state index in [0.29, 0.717) is 18.0 Å². The molecule has 1 aliphatic carbocycles. The lowest BCUT2D eigenvalue weighted by atomic mass is 9.98. The molecule has 128 valence electrons. The van der Waals surface area contributed by atoms with Crippen LogP contribution >= 0.6 is 0 Å². The molecule has 0 amide bonds. The highest BCUT2D eigenvalue weighted by molar-refractivity contribution is 5.39. The summed E-state index contributed by atoms with van der Waals surface area (Å²) in [5.41, 5.74) is 0. The zero-order chi connectivity index (χ0) is 16.1. The van der Waals surface area contributed by atoms with Crippen LogP contribution in [0.5, 0.6) is 5.88 Å². The molecule has 1 unspecified atom stereocenters. The van der Waals surface area contributed by atoms with Crippen LogP contribution < -0.4 is 9.64 Å². The van der Waals surface area contributed by atoms with E-state index in [0.717, 1.165) is 44.8 Å². The van der Waals surface area contributed by atoms with Crippen molar-refractivity contribution in [1.29, 1.82) is 0 Å². The lowest BCUT2D eigenvalue weighted by Crippen LogP contribution is -2.37. The molecule has 2 aliphatic rings. The number of ether oxygens (including phenoxy) is 1. The second-order valence-corrected chi connectivity index (χ2v) is 6.70. The van der Waals surface area contributed by atoms with Crippen molar-refractivity contribution in [3.8, 4) is 5.88 Å². The van der Waals surface area contributed by atoms with Gasteiger partial charge in [0.1, 0.15) is 6.10 Å². The minimum absolute atomic E-state index is 0.329. The minimum Gasteiger partial charge on any atom is -0.473 e. The largest absolute Gasteiger partial charge is 0.473 e. The third-order valence-electron chi connectivity index (χ3n) is 5.26. The second-order valence-electron chi connectivity index (χ2n) is 6.70. The third-order valence-corrected chi connectivity index (χ3v) is 5.26. The molecular weight excluding hydrogens is 288 g/mol. The highest BCUT2D eigenvalue weighted by atomic mass is 16.5. The van der Waals surface area contributed by atoms with Crippen molar-refractivity contribution in [1.82, 2.24) is 14.9 Å². The van der Waals surface area contributed by atoms with Crippen molar-refractivity contribution in [2.75, 3.05) is 31.1 Å². The smallest absolute Gasteiger partial charge is 0.234 e. The van der Waals surface area contributed by atoms with Gasteiger partial charge in [0.05, 0.1) is 12.4 Å². The van der Waals surface area contributed by atoms with Gasteiger partial charge in [0.15, 0.2) is 5.82 Å². The normalized spacial score (nSPS) is 22.7. The van der Waals surface area contributed by atoms with Gasteiger partial charge in [0, 0.05) is 19.1 Å². The molecule has 23 heavy (non-hydrogen) atoms. The summed E-state index contributed by atoms with van der Waals surface area (Å²) in [7, 11) is 0. The Balaban J connectivity index is 1.61. The van der Waals surface area contributed by atoms with Gasteiger partial charge in [0.25, 0.3) is 0 Å². The Morgan fingerprint density at radius 1 is 1.13 bits per heavy atom. The number of hydrogen-bond acceptors (Lipinski definition) is 5. The van der Waals surface area contributed by atoms with Crippen molar-refractivity contribution < 1.29 is 4.74 Å². The second kappa shape index (κ2) is 7.95. The molecule has 3 rings (SSSR count). The van der Waals surface area contributed by atoms with E-state index in [2.05, 4.69) is 28.6 Å². The topological polar surface area (TPSA) is 41.5 Å². The average Bonchev–Trinajstić information content (AvgIpc) is 3.07. The van der Waals surface area contributed by atoms with Crippen molar-refractivity contribution >= 4 is 5.82 Å². The van der Waals surface area contributed by atoms with Gasteiger partial charge in [-0.05, 0) is 45.2 Å². The van der Waals surface area contributed by atoms with Crippen LogP contribution in [0.1, 0.15) is 52.4 Å². The molecule has 1 saturated heterocycles. The summed E-state index contributed by atoms with van der Waals surface area (Å²) in [4.78, 5) is 14.0. The van der Waals surface area contributed by atoms with Crippen LogP contribution in [0.2, 0.25) is 0 Å². The summed E-state index contributed by atoms with van der Waals surface area (Å²) in [6, 6.07) is 0.634. The Morgan fingerprint density at radius 3 is 2.65 bits per heavy atom. The summed E-state index contributed by atoms with van der Waals surface area (Å²) in [5.74, 6) is 1.66. The first-order valence-corrected chi connectivity index (χ1v) is 9.27. The predicted molar refractivity (Wildman–Crippen MR) is 93.1 cm³/mol. The molecule has 0 aromatic carbocycles. The molecule has 0 spiro atoms. The van der Waals surface area contributed by atoms with Crippen LogP contribution in [0.3, 0.4) is 0 Å². The maximum Gasteiger partial charge on any atom is 0.234 e. The summed E-state index contributed by atoms with van der Waals surface area (Å²) >= 11 is 0. The van der Waals surface area contributed by atoms with Gasteiger partial charge in [-0.25, -0.2) is 0 Å². The van der Waals surface area contributed by atoms with Crippen LogP contribution in [0.4, 0.5) is 5.82 Å². The van der Waals surface area contributed by atoms with Gasteiger partial charge >= 0.3 is 0 Å². The minimum atomic E-state index is 0.329. The molecule has 1 saturated carbocycles. The van der Waals surface area contributed by atoms with E-state index in [1.165, 1.54) is 25.7 Å². The van der Waals surface area contributed by atoms with E-state index in [4.69, 9.17) is 9.72 Å². The van der Waals surface area contributed by atoms with E-state index in [1.54, 1.807) is 6.20 Å². The number of aromatic nitrogens is 2. The fourth-order valence-electron chi connectivity index (χ4n) is 3.89. The van der Waals surface area contributed by atoms with Crippen LogP contribution in [-0.2, 0) is 0 Å². The van der Waals surface area contributed by atoms with E-state index in [9.17, 15) is 0 Å². The predicted octanol–water partition coefficient (Wildman–Crippen LogP) is 3.11. The first-order valence-electron chi connectivity index (χ1n) is 9.27. The van der Waals surface area contributed by atoms with Gasteiger partial charge in [-0.2, -0.15) is 4.98 Å². The molecule has 0 radical (unpaired) electrons. The Hall–Kier alpha value is -1.36. The molecule has 1 atom stereocenters. The number of likely N-dealkylation sites (N-methyl/N-ethyl adjacent to an activating group) is 1. The zero-order valence-corrected chi connectivity index (χ0v) is 14.6. The molecule has 1 aromatic rings. The van der Waals surface area contributed by atoms with Crippen molar-refractivity contribution in [3.05, 3.63) is 12.4 Å². The van der Waals surface area contributed by atoms with Gasteiger partial charge in [-0.3, -0.25) is 9.88 Å². The number of nitrogens with zero attached hydrogens (tertiary/aromatic N) is 4. The summed E-state index contributed by atoms with van der Waals surface area (Å²) in [6.07, 6.45) is 11.4. The summed E-state index contributed by atoms with van der Waals surface area (Å²) in [6.45, 7) is 8.82. The fraction of sp³-hybridized carbons (Fsp3) is 0.778. The Morgan fingerprint density at radius 2 is 1.91 bits per heavy atom. The number of hydrogen-bond donors (Lipinski definition) is 0. The number of anilines is 1. The van der Waals surface area contributed by atoms with Gasteiger partial charge in [0.2, 0.25) is 5.88 Å². The van der Waals surface area contributed by atoms with Crippen molar-refractivity contribution in [3.63, 3.8) is 0 Å². The molecule has 0 bridgehead atoms. The zero-order valence-electron chi connectivity index (χ0n) is 14.6. The third kappa shape index (κ3) is 4.14. The highest BCUT2D eigenvalue weighted by Gasteiger charge is 2.27. The number of rotatable bonds is 6. The molecule has 0 N–H and O–H groups in total. The SMILES string of the molecule is CCN(CC)C1CCN(c2cncc(OC3CCCCC3)n2)C1. The Kier molecular flexibility index (Phi) is 5.70. The van der Waals surface area contributed by atoms with Crippen molar-refractivity contribution in [2.24, 2.45) is 0 Å². The molecule has 5 nitrogen and oxygen atoms in total. The van der Waals surface area contributed by atoms with E-state index < -0.39 is 0 Å². The van der Waals surface area contributed by atoms with Crippen LogP contribution in [-0.4, -0.2) is 53.2 Å². The average molecular weight is 318 g/mol. The van der Waals surface area contributed by atoms with Gasteiger partial charge < -0.3 is 9.64 Å². The molecule has 2 fully saturated rings. The molecule has 2 heterocycles. The fourth-order valence-corrected chi connectivity index (χ4v) is 3.89. The molecular formula is C18H30N4O. The first kappa shape index (κ1) is 16.5. The standard InChI is InChI=1S/C18H30N4O/c1-3-21(4-2)15-10-11-22(14-15)17-12-19-13-18(20-17)23-16-8-6-5-7-9-16/h12-13,15-16H,3-11,14H2,1-2H3. The van der Waals surface area contributed by atoms with Crippen LogP contribution in [0.25, 0.3) is 0 Å².